The standard InChI is InChI=1S/C24H28N2O2S/c27-22-5-3-4-18-14-17(6-7-19(18)22)15-24(28)26-12-8-23-20(9-13-29-23)21(26)16-25-10-1-2-11-25/h6-7,9,13-14,21H,1-5,8,10-12,15-16H2. The Morgan fingerprint density at radius 1 is 1.03 bits per heavy atom. The Kier molecular flexibility index (Phi) is 5.27. The highest BCUT2D eigenvalue weighted by Gasteiger charge is 2.33. The van der Waals surface area contributed by atoms with Gasteiger partial charge in [-0.1, -0.05) is 18.2 Å². The molecule has 152 valence electrons. The molecular formula is C24H28N2O2S. The van der Waals surface area contributed by atoms with E-state index in [1.54, 1.807) is 0 Å². The molecule has 4 nitrogen and oxygen atoms in total. The van der Waals surface area contributed by atoms with Crippen molar-refractivity contribution in [2.45, 2.75) is 51.0 Å². The highest BCUT2D eigenvalue weighted by molar-refractivity contribution is 7.10. The molecule has 3 aliphatic rings. The Balaban J connectivity index is 1.36. The van der Waals surface area contributed by atoms with E-state index in [0.29, 0.717) is 12.8 Å². The number of hydrogen-bond acceptors (Lipinski definition) is 4. The van der Waals surface area contributed by atoms with Crippen molar-refractivity contribution in [1.82, 2.24) is 9.80 Å². The van der Waals surface area contributed by atoms with Gasteiger partial charge in [0.2, 0.25) is 5.91 Å². The second-order valence-corrected chi connectivity index (χ2v) is 9.61. The van der Waals surface area contributed by atoms with Crippen LogP contribution in [0.5, 0.6) is 0 Å². The molecule has 1 amide bonds. The number of carbonyl (C=O) groups is 2. The van der Waals surface area contributed by atoms with E-state index in [1.165, 1.54) is 23.3 Å². The average molecular weight is 409 g/mol. The van der Waals surface area contributed by atoms with Crippen LogP contribution in [0.3, 0.4) is 0 Å². The van der Waals surface area contributed by atoms with Crippen LogP contribution in [0, 0.1) is 0 Å². The van der Waals surface area contributed by atoms with E-state index in [1.807, 2.05) is 23.5 Å². The molecule has 5 heteroatoms. The zero-order chi connectivity index (χ0) is 19.8. The van der Waals surface area contributed by atoms with Crippen molar-refractivity contribution in [2.75, 3.05) is 26.2 Å². The van der Waals surface area contributed by atoms with E-state index in [-0.39, 0.29) is 17.7 Å². The first-order valence-corrected chi connectivity index (χ1v) is 11.8. The fourth-order valence-corrected chi connectivity index (χ4v) is 6.12. The van der Waals surface area contributed by atoms with Gasteiger partial charge in [0.25, 0.3) is 0 Å². The molecule has 0 radical (unpaired) electrons. The Bertz CT molecular complexity index is 929. The fourth-order valence-electron chi connectivity index (χ4n) is 5.19. The van der Waals surface area contributed by atoms with Gasteiger partial charge in [-0.2, -0.15) is 0 Å². The van der Waals surface area contributed by atoms with Gasteiger partial charge in [-0.05, 0) is 73.3 Å². The van der Waals surface area contributed by atoms with Gasteiger partial charge in [-0.15, -0.1) is 11.3 Å². The summed E-state index contributed by atoms with van der Waals surface area (Å²) in [7, 11) is 0. The third-order valence-corrected chi connectivity index (χ3v) is 7.72. The van der Waals surface area contributed by atoms with Gasteiger partial charge in [0.1, 0.15) is 0 Å². The normalized spacial score (nSPS) is 21.9. The van der Waals surface area contributed by atoms with Gasteiger partial charge >= 0.3 is 0 Å². The molecule has 3 heterocycles. The van der Waals surface area contributed by atoms with Crippen molar-refractivity contribution in [2.24, 2.45) is 0 Å². The number of aryl methyl sites for hydroxylation is 1. The predicted octanol–water partition coefficient (Wildman–Crippen LogP) is 4.03. The number of benzene rings is 1. The topological polar surface area (TPSA) is 40.6 Å². The lowest BCUT2D eigenvalue weighted by Gasteiger charge is -2.38. The number of Topliss-reactive ketones (excluding diaryl/α,β-unsaturated/α-hetero) is 1. The quantitative estimate of drug-likeness (QED) is 0.767. The largest absolute Gasteiger partial charge is 0.334 e. The maximum atomic E-state index is 13.4. The van der Waals surface area contributed by atoms with Crippen molar-refractivity contribution in [3.63, 3.8) is 0 Å². The van der Waals surface area contributed by atoms with Gasteiger partial charge in [-0.25, -0.2) is 0 Å². The maximum absolute atomic E-state index is 13.4. The lowest BCUT2D eigenvalue weighted by atomic mass is 9.89. The predicted molar refractivity (Wildman–Crippen MR) is 116 cm³/mol. The SMILES string of the molecule is O=C1CCCc2cc(CC(=O)N3CCc4sccc4C3CN3CCCC3)ccc21. The highest BCUT2D eigenvalue weighted by atomic mass is 32.1. The summed E-state index contributed by atoms with van der Waals surface area (Å²) in [4.78, 5) is 31.5. The third kappa shape index (κ3) is 3.78. The Labute approximate surface area is 176 Å². The van der Waals surface area contributed by atoms with Crippen LogP contribution in [-0.2, 0) is 24.1 Å². The number of fused-ring (bicyclic) bond motifs is 2. The third-order valence-electron chi connectivity index (χ3n) is 6.72. The monoisotopic (exact) mass is 408 g/mol. The van der Waals surface area contributed by atoms with Crippen molar-refractivity contribution >= 4 is 23.0 Å². The second kappa shape index (κ2) is 8.04. The van der Waals surface area contributed by atoms with Crippen LogP contribution in [0.15, 0.2) is 29.6 Å². The molecule has 2 aliphatic heterocycles. The summed E-state index contributed by atoms with van der Waals surface area (Å²) >= 11 is 1.83. The minimum atomic E-state index is 0.176. The van der Waals surface area contributed by atoms with Crippen LogP contribution >= 0.6 is 11.3 Å². The van der Waals surface area contributed by atoms with Crippen molar-refractivity contribution in [3.05, 3.63) is 56.8 Å². The summed E-state index contributed by atoms with van der Waals surface area (Å²) in [6.07, 6.45) is 6.46. The Hall–Kier alpha value is -1.98. The van der Waals surface area contributed by atoms with Crippen molar-refractivity contribution in [3.8, 4) is 0 Å². The minimum Gasteiger partial charge on any atom is -0.334 e. The summed E-state index contributed by atoms with van der Waals surface area (Å²) in [6.45, 7) is 4.07. The van der Waals surface area contributed by atoms with Gasteiger partial charge < -0.3 is 9.80 Å². The molecule has 0 saturated carbocycles. The van der Waals surface area contributed by atoms with E-state index in [0.717, 1.165) is 62.1 Å². The van der Waals surface area contributed by atoms with Crippen LogP contribution in [-0.4, -0.2) is 47.7 Å². The molecule has 0 N–H and O–H groups in total. The second-order valence-electron chi connectivity index (χ2n) is 8.60. The van der Waals surface area contributed by atoms with Crippen LogP contribution in [0.4, 0.5) is 0 Å². The first-order valence-electron chi connectivity index (χ1n) is 10.9. The van der Waals surface area contributed by atoms with E-state index >= 15 is 0 Å². The zero-order valence-electron chi connectivity index (χ0n) is 16.9. The number of ketones is 1. The van der Waals surface area contributed by atoms with E-state index in [2.05, 4.69) is 27.3 Å². The molecule has 1 unspecified atom stereocenters. The molecule has 2 aromatic rings. The molecular weight excluding hydrogens is 380 g/mol. The number of nitrogens with zero attached hydrogens (tertiary/aromatic N) is 2. The molecule has 1 aromatic carbocycles. The molecule has 0 bridgehead atoms. The fraction of sp³-hybridized carbons (Fsp3) is 0.500. The Morgan fingerprint density at radius 3 is 2.76 bits per heavy atom. The van der Waals surface area contributed by atoms with Crippen molar-refractivity contribution in [1.29, 1.82) is 0 Å². The molecule has 1 fully saturated rings. The van der Waals surface area contributed by atoms with E-state index in [4.69, 9.17) is 0 Å². The first kappa shape index (κ1) is 19.0. The molecule has 1 aromatic heterocycles. The summed E-state index contributed by atoms with van der Waals surface area (Å²) in [6, 6.07) is 8.42. The Morgan fingerprint density at radius 2 is 1.90 bits per heavy atom. The van der Waals surface area contributed by atoms with Crippen molar-refractivity contribution < 1.29 is 9.59 Å². The summed E-state index contributed by atoms with van der Waals surface area (Å²) < 4.78 is 0. The first-order chi connectivity index (χ1) is 14.2. The zero-order valence-corrected chi connectivity index (χ0v) is 17.7. The highest BCUT2D eigenvalue weighted by Crippen LogP contribution is 2.35. The number of likely N-dealkylation sites (tertiary alicyclic amines) is 1. The van der Waals surface area contributed by atoms with Gasteiger partial charge in [-0.3, -0.25) is 9.59 Å². The van der Waals surface area contributed by atoms with Crippen LogP contribution in [0.2, 0.25) is 0 Å². The average Bonchev–Trinajstić information content (AvgIpc) is 3.40. The lowest BCUT2D eigenvalue weighted by Crippen LogP contribution is -2.45. The lowest BCUT2D eigenvalue weighted by molar-refractivity contribution is -0.133. The number of hydrogen-bond donors (Lipinski definition) is 0. The molecule has 1 aliphatic carbocycles. The molecule has 0 spiro atoms. The van der Waals surface area contributed by atoms with E-state index < -0.39 is 0 Å². The number of rotatable bonds is 4. The number of amides is 1. The molecule has 29 heavy (non-hydrogen) atoms. The summed E-state index contributed by atoms with van der Waals surface area (Å²) in [5.74, 6) is 0.462. The van der Waals surface area contributed by atoms with Gasteiger partial charge in [0.05, 0.1) is 12.5 Å². The van der Waals surface area contributed by atoms with Crippen LogP contribution < -0.4 is 0 Å². The van der Waals surface area contributed by atoms with Crippen LogP contribution in [0.1, 0.15) is 63.7 Å². The van der Waals surface area contributed by atoms with E-state index in [9.17, 15) is 9.59 Å². The number of carbonyl (C=O) groups excluding carboxylic acids is 2. The molecule has 1 saturated heterocycles. The smallest absolute Gasteiger partial charge is 0.227 e. The summed E-state index contributed by atoms with van der Waals surface area (Å²) in [5.41, 5.74) is 4.39. The van der Waals surface area contributed by atoms with Gasteiger partial charge in [0.15, 0.2) is 5.78 Å². The maximum Gasteiger partial charge on any atom is 0.227 e. The molecule has 5 rings (SSSR count). The summed E-state index contributed by atoms with van der Waals surface area (Å²) in [5, 5.41) is 2.18. The molecule has 1 atom stereocenters. The van der Waals surface area contributed by atoms with Gasteiger partial charge in [0, 0.05) is 30.0 Å². The number of thiophene rings is 1. The van der Waals surface area contributed by atoms with Crippen LogP contribution in [0.25, 0.3) is 0 Å². The minimum absolute atomic E-state index is 0.176.